The van der Waals surface area contributed by atoms with Gasteiger partial charge in [0.2, 0.25) is 0 Å². The van der Waals surface area contributed by atoms with Crippen molar-refractivity contribution < 1.29 is 50.1 Å². The van der Waals surface area contributed by atoms with Crippen molar-refractivity contribution in [2.45, 2.75) is 17.3 Å². The van der Waals surface area contributed by atoms with E-state index in [1.54, 1.807) is 0 Å². The summed E-state index contributed by atoms with van der Waals surface area (Å²) in [7, 11) is 0. The molecule has 0 aliphatic rings. The van der Waals surface area contributed by atoms with Crippen molar-refractivity contribution in [2.24, 2.45) is 0 Å². The van der Waals surface area contributed by atoms with E-state index in [4.69, 9.17) is 0 Å². The molecule has 0 radical (unpaired) electrons. The van der Waals surface area contributed by atoms with E-state index in [1.807, 2.05) is 0 Å². The molecule has 0 amide bonds. The average Bonchev–Trinajstić information content (AvgIpc) is 0.811. The van der Waals surface area contributed by atoms with Crippen molar-refractivity contribution in [3.63, 3.8) is 0 Å². The summed E-state index contributed by atoms with van der Waals surface area (Å²) in [5.41, 5.74) is 0. The maximum atomic E-state index is 2.25. The van der Waals surface area contributed by atoms with Gasteiger partial charge in [-0.2, -0.15) is 0 Å². The summed E-state index contributed by atoms with van der Waals surface area (Å²) in [4.78, 5) is 0. The average molecular weight is 371 g/mol. The van der Waals surface area contributed by atoms with Crippen LogP contribution in [0.5, 0.6) is 0 Å². The maximum absolute atomic E-state index is 2.25. The monoisotopic (exact) mass is 372 g/mol. The summed E-state index contributed by atoms with van der Waals surface area (Å²) in [5, 5.41) is 0. The summed E-state index contributed by atoms with van der Waals surface area (Å²) >= 11 is 1.02. The van der Waals surface area contributed by atoms with E-state index in [0.717, 1.165) is 29.5 Å². The first kappa shape index (κ1) is 9.83. The minimum absolute atomic E-state index is 0. The summed E-state index contributed by atoms with van der Waals surface area (Å²) in [5.74, 6) is 0. The van der Waals surface area contributed by atoms with E-state index >= 15 is 0 Å². The first-order valence-electron chi connectivity index (χ1n) is 1.56. The molecule has 0 aliphatic heterocycles. The van der Waals surface area contributed by atoms with E-state index in [1.165, 1.54) is 0 Å². The van der Waals surface area contributed by atoms with Gasteiger partial charge in [0.1, 0.15) is 0 Å². The third kappa shape index (κ3) is 27.4. The molecule has 0 fully saturated rings. The fourth-order valence-electron chi connectivity index (χ4n) is 0. The molecule has 0 saturated heterocycles. The summed E-state index contributed by atoms with van der Waals surface area (Å²) in [6, 6.07) is 0. The number of halogens is 1. The Morgan fingerprint density at radius 1 is 1.40 bits per heavy atom. The zero-order valence-electron chi connectivity index (χ0n) is 3.66. The SMILES string of the molecule is C[CH](C)[Hg+].[I-]. The van der Waals surface area contributed by atoms with Crippen molar-refractivity contribution in [3.8, 4) is 0 Å². The topological polar surface area (TPSA) is 0 Å². The molecule has 0 heterocycles. The Bertz CT molecular complexity index is 11.6. The molecule has 0 nitrogen and oxygen atoms in total. The van der Waals surface area contributed by atoms with Gasteiger partial charge in [-0.1, -0.05) is 0 Å². The molecule has 0 rings (SSSR count). The van der Waals surface area contributed by atoms with Gasteiger partial charge >= 0.3 is 43.4 Å². The Morgan fingerprint density at radius 2 is 1.40 bits per heavy atom. The standard InChI is InChI=1S/C3H7.Hg.HI/c1-3-2;;/h3H,1-2H3;;1H/q;+1;/p-1. The Morgan fingerprint density at radius 3 is 1.40 bits per heavy atom. The van der Waals surface area contributed by atoms with E-state index < -0.39 is 0 Å². The zero-order valence-corrected chi connectivity index (χ0v) is 11.3. The molecule has 0 aromatic rings. The molecule has 0 saturated carbocycles. The number of hydrogen-bond acceptors (Lipinski definition) is 0. The first-order chi connectivity index (χ1) is 1.73. The van der Waals surface area contributed by atoms with Crippen LogP contribution in [-0.2, 0) is 26.1 Å². The van der Waals surface area contributed by atoms with Crippen LogP contribution < -0.4 is 24.0 Å². The third-order valence-corrected chi connectivity index (χ3v) is 0. The largest absolute Gasteiger partial charge is 1.00 e. The minimum atomic E-state index is 0. The van der Waals surface area contributed by atoms with Gasteiger partial charge in [-0.25, -0.2) is 0 Å². The van der Waals surface area contributed by atoms with Crippen LogP contribution in [0.1, 0.15) is 13.8 Å². The van der Waals surface area contributed by atoms with Crippen molar-refractivity contribution >= 4 is 0 Å². The molecule has 0 spiro atoms. The second kappa shape index (κ2) is 5.67. The van der Waals surface area contributed by atoms with Crippen molar-refractivity contribution in [2.75, 3.05) is 0 Å². The molecule has 0 unspecified atom stereocenters. The third-order valence-electron chi connectivity index (χ3n) is 0. The van der Waals surface area contributed by atoms with Gasteiger partial charge in [-0.3, -0.25) is 0 Å². The van der Waals surface area contributed by atoms with Gasteiger partial charge in [0.05, 0.1) is 0 Å². The molecule has 0 aromatic carbocycles. The van der Waals surface area contributed by atoms with E-state index in [-0.39, 0.29) is 24.0 Å². The van der Waals surface area contributed by atoms with Gasteiger partial charge in [0, 0.05) is 0 Å². The molecule has 0 aliphatic carbocycles. The van der Waals surface area contributed by atoms with Gasteiger partial charge in [-0.05, 0) is 0 Å². The molecule has 2 heteroatoms. The van der Waals surface area contributed by atoms with Gasteiger partial charge in [0.15, 0.2) is 0 Å². The summed E-state index contributed by atoms with van der Waals surface area (Å²) < 4.78 is 1.03. The molecule has 0 bridgehead atoms. The normalized spacial score (nSPS) is 7.40. The fraction of sp³-hybridized carbons (Fsp3) is 1.00. The van der Waals surface area contributed by atoms with Crippen molar-refractivity contribution in [1.82, 2.24) is 0 Å². The van der Waals surface area contributed by atoms with Crippen LogP contribution in [0, 0.1) is 0 Å². The van der Waals surface area contributed by atoms with Crippen molar-refractivity contribution in [3.05, 3.63) is 0 Å². The first-order valence-corrected chi connectivity index (χ1v) is 4.74. The fourth-order valence-corrected chi connectivity index (χ4v) is 0. The molecule has 28 valence electrons. The quantitative estimate of drug-likeness (QED) is 0.355. The predicted molar refractivity (Wildman–Crippen MR) is 15.1 cm³/mol. The van der Waals surface area contributed by atoms with Gasteiger partial charge in [0.25, 0.3) is 0 Å². The Labute approximate surface area is 66.7 Å². The predicted octanol–water partition coefficient (Wildman–Crippen LogP) is -1.63. The molecular formula is C3H7HgI. The smallest absolute Gasteiger partial charge is 1.00 e. The zero-order chi connectivity index (χ0) is 3.58. The number of hydrogen-bond donors (Lipinski definition) is 0. The van der Waals surface area contributed by atoms with E-state index in [0.29, 0.717) is 0 Å². The van der Waals surface area contributed by atoms with Crippen LogP contribution >= 0.6 is 0 Å². The second-order valence-corrected chi connectivity index (χ2v) is 7.74. The Kier molecular flexibility index (Phi) is 11.1. The molecular weight excluding hydrogens is 364 g/mol. The summed E-state index contributed by atoms with van der Waals surface area (Å²) in [6.45, 7) is 4.51. The van der Waals surface area contributed by atoms with Crippen LogP contribution in [0.4, 0.5) is 0 Å². The maximum Gasteiger partial charge on any atom is -1.00 e. The van der Waals surface area contributed by atoms with Crippen LogP contribution in [0.25, 0.3) is 0 Å². The Hall–Kier alpha value is 1.67. The van der Waals surface area contributed by atoms with Crippen LogP contribution in [0.3, 0.4) is 0 Å². The molecule has 0 atom stereocenters. The molecule has 0 N–H and O–H groups in total. The van der Waals surface area contributed by atoms with Crippen LogP contribution in [0.2, 0.25) is 3.43 Å². The van der Waals surface area contributed by atoms with Gasteiger partial charge < -0.3 is 24.0 Å². The second-order valence-electron chi connectivity index (χ2n) is 1.39. The number of rotatable bonds is 0. The van der Waals surface area contributed by atoms with E-state index in [2.05, 4.69) is 13.8 Å². The minimum Gasteiger partial charge on any atom is -1.00 e. The van der Waals surface area contributed by atoms with Crippen LogP contribution in [-0.4, -0.2) is 0 Å². The molecule has 5 heavy (non-hydrogen) atoms. The summed E-state index contributed by atoms with van der Waals surface area (Å²) in [6.07, 6.45) is 0. The van der Waals surface area contributed by atoms with Crippen LogP contribution in [0.15, 0.2) is 0 Å². The van der Waals surface area contributed by atoms with E-state index in [9.17, 15) is 0 Å². The van der Waals surface area contributed by atoms with Crippen molar-refractivity contribution in [1.29, 1.82) is 0 Å². The van der Waals surface area contributed by atoms with Gasteiger partial charge in [-0.15, -0.1) is 0 Å². The Balaban J connectivity index is 0. The molecule has 0 aromatic heterocycles.